The molecule has 0 aliphatic rings. The third-order valence-corrected chi connectivity index (χ3v) is 10.9. The van der Waals surface area contributed by atoms with Gasteiger partial charge in [0.25, 0.3) is 0 Å². The lowest BCUT2D eigenvalue weighted by atomic mass is 10.0. The average Bonchev–Trinajstić information content (AvgIpc) is 3.14. The summed E-state index contributed by atoms with van der Waals surface area (Å²) in [5.41, 5.74) is 0. The molecule has 0 aromatic heterocycles. The van der Waals surface area contributed by atoms with Crippen LogP contribution in [-0.2, 0) is 41.8 Å². The summed E-state index contributed by atoms with van der Waals surface area (Å²) in [7, 11) is -9.65. The van der Waals surface area contributed by atoms with Gasteiger partial charge in [-0.2, -0.15) is 0 Å². The van der Waals surface area contributed by atoms with Crippen LogP contribution in [0.2, 0.25) is 0 Å². The topological polar surface area (TPSA) is 195 Å². The van der Waals surface area contributed by atoms with E-state index in [2.05, 4.69) is 22.9 Å². The van der Waals surface area contributed by atoms with E-state index in [1.165, 1.54) is 128 Å². The van der Waals surface area contributed by atoms with Gasteiger partial charge in [0.15, 0.2) is 6.10 Å². The minimum atomic E-state index is -4.85. The predicted molar refractivity (Wildman–Crippen MR) is 216 cm³/mol. The Morgan fingerprint density at radius 1 is 0.455 bits per heavy atom. The van der Waals surface area contributed by atoms with Gasteiger partial charge in [0.1, 0.15) is 12.7 Å². The summed E-state index contributed by atoms with van der Waals surface area (Å²) in [5.74, 6) is -1.02. The van der Waals surface area contributed by atoms with Crippen LogP contribution in [0.15, 0.2) is 0 Å². The third kappa shape index (κ3) is 41.1. The van der Waals surface area contributed by atoms with E-state index in [9.17, 15) is 28.7 Å². The number of hydrogen-bond acceptors (Lipinski definition) is 10. The monoisotopic (exact) mass is 831 g/mol. The molecular formula is C40H80O13P2. The van der Waals surface area contributed by atoms with E-state index < -0.39 is 59.6 Å². The molecule has 0 heterocycles. The minimum absolute atomic E-state index is 0.140. The molecule has 0 rings (SSSR count). The highest BCUT2D eigenvalue weighted by molar-refractivity contribution is 7.47. The van der Waals surface area contributed by atoms with Gasteiger partial charge in [-0.15, -0.1) is 0 Å². The van der Waals surface area contributed by atoms with Crippen LogP contribution < -0.4 is 0 Å². The molecule has 0 aliphatic heterocycles. The van der Waals surface area contributed by atoms with Crippen LogP contribution in [0.3, 0.4) is 0 Å². The Morgan fingerprint density at radius 3 is 1.16 bits per heavy atom. The normalized spacial score (nSPS) is 14.1. The summed E-state index contributed by atoms with van der Waals surface area (Å²) in [6, 6.07) is 0. The zero-order valence-corrected chi connectivity index (χ0v) is 36.3. The third-order valence-electron chi connectivity index (χ3n) is 9.49. The molecule has 15 heteroatoms. The highest BCUT2D eigenvalue weighted by Gasteiger charge is 2.28. The van der Waals surface area contributed by atoms with Crippen LogP contribution in [-0.4, -0.2) is 70.4 Å². The highest BCUT2D eigenvalue weighted by Crippen LogP contribution is 2.43. The first-order chi connectivity index (χ1) is 26.4. The van der Waals surface area contributed by atoms with Crippen LogP contribution in [0, 0.1) is 0 Å². The quantitative estimate of drug-likeness (QED) is 0.0258. The van der Waals surface area contributed by atoms with Crippen LogP contribution in [0.5, 0.6) is 0 Å². The lowest BCUT2D eigenvalue weighted by molar-refractivity contribution is -0.161. The molecule has 0 radical (unpaired) electrons. The van der Waals surface area contributed by atoms with Crippen LogP contribution in [0.25, 0.3) is 0 Å². The number of hydrogen-bond donors (Lipinski definition) is 4. The number of unbranched alkanes of at least 4 members (excludes halogenated alkanes) is 26. The standard InChI is InChI=1S/C40H80O13P2/c1-3-5-7-9-11-13-15-17-18-20-22-24-26-28-30-32-40(43)53-38(36-52-55(47,48)51-34-37(41)33-50-54(44,45)46)35-49-39(42)31-29-27-25-23-21-19-16-14-12-10-8-6-4-2/h37-38,41H,3-36H2,1-2H3,(H,47,48)(H2,44,45,46). The molecule has 3 unspecified atom stereocenters. The van der Waals surface area contributed by atoms with Gasteiger partial charge >= 0.3 is 27.6 Å². The average molecular weight is 831 g/mol. The molecule has 0 aromatic carbocycles. The van der Waals surface area contributed by atoms with Gasteiger partial charge in [-0.3, -0.25) is 23.2 Å². The molecule has 13 nitrogen and oxygen atoms in total. The minimum Gasteiger partial charge on any atom is -0.462 e. The first kappa shape index (κ1) is 54.1. The van der Waals surface area contributed by atoms with Gasteiger partial charge in [0.2, 0.25) is 0 Å². The second-order valence-corrected chi connectivity index (χ2v) is 17.7. The summed E-state index contributed by atoms with van der Waals surface area (Å²) < 4.78 is 47.7. The number of carbonyl (C=O) groups is 2. The van der Waals surface area contributed by atoms with Crippen molar-refractivity contribution in [3.63, 3.8) is 0 Å². The summed E-state index contributed by atoms with van der Waals surface area (Å²) in [5, 5.41) is 9.73. The lowest BCUT2D eigenvalue weighted by Gasteiger charge is -2.20. The fraction of sp³-hybridized carbons (Fsp3) is 0.950. The van der Waals surface area contributed by atoms with Crippen molar-refractivity contribution < 1.29 is 61.6 Å². The van der Waals surface area contributed by atoms with E-state index in [0.29, 0.717) is 12.8 Å². The van der Waals surface area contributed by atoms with E-state index in [1.54, 1.807) is 0 Å². The first-order valence-corrected chi connectivity index (χ1v) is 24.8. The highest BCUT2D eigenvalue weighted by atomic mass is 31.2. The number of aliphatic hydroxyl groups is 1. The van der Waals surface area contributed by atoms with Gasteiger partial charge in [-0.25, -0.2) is 9.13 Å². The van der Waals surface area contributed by atoms with Crippen molar-refractivity contribution in [2.45, 2.75) is 219 Å². The summed E-state index contributed by atoms with van der Waals surface area (Å²) in [6.07, 6.45) is 30.9. The maximum absolute atomic E-state index is 12.6. The van der Waals surface area contributed by atoms with Gasteiger partial charge in [0, 0.05) is 12.8 Å². The fourth-order valence-electron chi connectivity index (χ4n) is 6.17. The maximum Gasteiger partial charge on any atom is 0.472 e. The SMILES string of the molecule is CCCCCCCCCCCCCCCCCC(=O)OC(COC(=O)CCCCCCCCCCCCCCC)COP(=O)(O)OCC(O)COP(=O)(O)O. The zero-order valence-electron chi connectivity index (χ0n) is 34.6. The van der Waals surface area contributed by atoms with Crippen molar-refractivity contribution in [1.82, 2.24) is 0 Å². The lowest BCUT2D eigenvalue weighted by Crippen LogP contribution is -2.30. The Balaban J connectivity index is 4.48. The van der Waals surface area contributed by atoms with Gasteiger partial charge < -0.3 is 29.3 Å². The molecule has 4 N–H and O–H groups in total. The van der Waals surface area contributed by atoms with Crippen molar-refractivity contribution >= 4 is 27.6 Å². The predicted octanol–water partition coefficient (Wildman–Crippen LogP) is 10.8. The molecule has 0 spiro atoms. The van der Waals surface area contributed by atoms with Gasteiger partial charge in [-0.1, -0.05) is 181 Å². The Morgan fingerprint density at radius 2 is 0.782 bits per heavy atom. The Kier molecular flexibility index (Phi) is 36.8. The van der Waals surface area contributed by atoms with E-state index in [4.69, 9.17) is 23.8 Å². The van der Waals surface area contributed by atoms with Gasteiger partial charge in [0.05, 0.1) is 19.8 Å². The van der Waals surface area contributed by atoms with Crippen LogP contribution in [0.1, 0.15) is 206 Å². The summed E-state index contributed by atoms with van der Waals surface area (Å²) in [6.45, 7) is 1.79. The Bertz CT molecular complexity index is 994. The number of ether oxygens (including phenoxy) is 2. The molecule has 328 valence electrons. The molecule has 0 amide bonds. The van der Waals surface area contributed by atoms with Crippen molar-refractivity contribution in [3.05, 3.63) is 0 Å². The van der Waals surface area contributed by atoms with Gasteiger partial charge in [-0.05, 0) is 12.8 Å². The largest absolute Gasteiger partial charge is 0.472 e. The number of phosphoric acid groups is 2. The smallest absolute Gasteiger partial charge is 0.462 e. The maximum atomic E-state index is 12.6. The Hall–Kier alpha value is -0.880. The summed E-state index contributed by atoms with van der Waals surface area (Å²) >= 11 is 0. The molecule has 0 bridgehead atoms. The second kappa shape index (κ2) is 37.4. The molecule has 55 heavy (non-hydrogen) atoms. The Labute approximate surface area is 333 Å². The van der Waals surface area contributed by atoms with E-state index in [0.717, 1.165) is 38.5 Å². The van der Waals surface area contributed by atoms with Crippen LogP contribution >= 0.6 is 15.6 Å². The molecule has 0 fully saturated rings. The van der Waals surface area contributed by atoms with Crippen molar-refractivity contribution in [1.29, 1.82) is 0 Å². The molecule has 0 aromatic rings. The zero-order chi connectivity index (χ0) is 40.9. The van der Waals surface area contributed by atoms with E-state index in [1.807, 2.05) is 0 Å². The van der Waals surface area contributed by atoms with Crippen molar-refractivity contribution in [2.75, 3.05) is 26.4 Å². The molecule has 0 saturated heterocycles. The van der Waals surface area contributed by atoms with Crippen molar-refractivity contribution in [3.8, 4) is 0 Å². The van der Waals surface area contributed by atoms with E-state index in [-0.39, 0.29) is 19.4 Å². The number of phosphoric ester groups is 2. The van der Waals surface area contributed by atoms with E-state index >= 15 is 0 Å². The number of esters is 2. The number of rotatable bonds is 42. The van der Waals surface area contributed by atoms with Crippen molar-refractivity contribution in [2.24, 2.45) is 0 Å². The molecule has 3 atom stereocenters. The molecular weight excluding hydrogens is 750 g/mol. The number of aliphatic hydroxyl groups excluding tert-OH is 1. The molecule has 0 aliphatic carbocycles. The fourth-order valence-corrected chi connectivity index (χ4v) is 7.33. The summed E-state index contributed by atoms with van der Waals surface area (Å²) in [4.78, 5) is 52.6. The second-order valence-electron chi connectivity index (χ2n) is 15.0. The molecule has 0 saturated carbocycles. The first-order valence-electron chi connectivity index (χ1n) is 21.7. The number of carbonyl (C=O) groups excluding carboxylic acids is 2. The van der Waals surface area contributed by atoms with Crippen LogP contribution in [0.4, 0.5) is 0 Å².